The molecule has 2 nitrogen and oxygen atoms in total. The first kappa shape index (κ1) is 9.19. The molecule has 0 fully saturated rings. The molecule has 1 unspecified atom stereocenters. The van der Waals surface area contributed by atoms with Gasteiger partial charge in [-0.25, -0.2) is 0 Å². The van der Waals surface area contributed by atoms with Gasteiger partial charge in [0, 0.05) is 13.0 Å². The lowest BCUT2D eigenvalue weighted by atomic mass is 10.0. The second-order valence-corrected chi connectivity index (χ2v) is 2.23. The van der Waals surface area contributed by atoms with Crippen molar-refractivity contribution < 1.29 is 9.90 Å². The molecule has 0 rings (SSSR count). The van der Waals surface area contributed by atoms with Crippen LogP contribution in [0.15, 0.2) is 0 Å². The Hall–Kier alpha value is -0.810. The van der Waals surface area contributed by atoms with Gasteiger partial charge in [-0.15, -0.1) is 6.42 Å². The molecule has 0 aliphatic rings. The summed E-state index contributed by atoms with van der Waals surface area (Å²) in [6.07, 6.45) is 5.95. The van der Waals surface area contributed by atoms with Gasteiger partial charge in [0.2, 0.25) is 5.78 Å². The van der Waals surface area contributed by atoms with E-state index in [-0.39, 0.29) is 18.3 Å². The van der Waals surface area contributed by atoms with E-state index in [4.69, 9.17) is 11.5 Å². The highest BCUT2D eigenvalue weighted by Gasteiger charge is 2.07. The molecule has 0 spiro atoms. The van der Waals surface area contributed by atoms with Gasteiger partial charge in [-0.1, -0.05) is 13.3 Å². The van der Waals surface area contributed by atoms with E-state index in [0.717, 1.165) is 6.42 Å². The number of carbonyl (C=O) groups excluding carboxylic acids is 1. The molecule has 0 aromatic carbocycles. The summed E-state index contributed by atoms with van der Waals surface area (Å²) in [5.74, 6) is 1.84. The van der Waals surface area contributed by atoms with Gasteiger partial charge >= 0.3 is 0 Å². The van der Waals surface area contributed by atoms with E-state index < -0.39 is 0 Å². The normalized spacial score (nSPS) is 12.1. The minimum atomic E-state index is -0.221. The predicted molar refractivity (Wildman–Crippen MR) is 39.3 cm³/mol. The van der Waals surface area contributed by atoms with Crippen LogP contribution in [0, 0.1) is 18.3 Å². The lowest BCUT2D eigenvalue weighted by Gasteiger charge is -2.06. The van der Waals surface area contributed by atoms with E-state index in [0.29, 0.717) is 6.42 Å². The van der Waals surface area contributed by atoms with Crippen LogP contribution in [0.4, 0.5) is 0 Å². The van der Waals surface area contributed by atoms with Crippen molar-refractivity contribution in [2.75, 3.05) is 6.61 Å². The molecule has 0 heterocycles. The van der Waals surface area contributed by atoms with Crippen molar-refractivity contribution >= 4 is 5.78 Å². The SMILES string of the molecule is C#CC(=O)CC(CC)CO. The third kappa shape index (κ3) is 3.26. The monoisotopic (exact) mass is 140 g/mol. The van der Waals surface area contributed by atoms with Crippen LogP contribution in [0.3, 0.4) is 0 Å². The van der Waals surface area contributed by atoms with Crippen LogP contribution in [0.25, 0.3) is 0 Å². The number of aliphatic hydroxyl groups is 1. The molecule has 0 aromatic heterocycles. The first-order valence-corrected chi connectivity index (χ1v) is 3.34. The number of hydrogen-bond acceptors (Lipinski definition) is 2. The van der Waals surface area contributed by atoms with Gasteiger partial charge in [0.15, 0.2) is 0 Å². The maximum Gasteiger partial charge on any atom is 0.205 e. The Morgan fingerprint density at radius 3 is 2.70 bits per heavy atom. The molecule has 0 amide bonds. The van der Waals surface area contributed by atoms with Crippen LogP contribution in [-0.4, -0.2) is 17.5 Å². The van der Waals surface area contributed by atoms with Gasteiger partial charge in [-0.3, -0.25) is 4.79 Å². The molecule has 1 N–H and O–H groups in total. The summed E-state index contributed by atoms with van der Waals surface area (Å²) < 4.78 is 0. The fourth-order valence-electron chi connectivity index (χ4n) is 0.659. The van der Waals surface area contributed by atoms with Crippen LogP contribution >= 0.6 is 0 Å². The summed E-state index contributed by atoms with van der Waals surface area (Å²) in [6, 6.07) is 0. The Morgan fingerprint density at radius 1 is 1.80 bits per heavy atom. The average molecular weight is 140 g/mol. The van der Waals surface area contributed by atoms with E-state index in [1.54, 1.807) is 0 Å². The van der Waals surface area contributed by atoms with E-state index in [1.807, 2.05) is 12.8 Å². The van der Waals surface area contributed by atoms with E-state index >= 15 is 0 Å². The smallest absolute Gasteiger partial charge is 0.205 e. The minimum Gasteiger partial charge on any atom is -0.396 e. The summed E-state index contributed by atoms with van der Waals surface area (Å²) in [5, 5.41) is 8.65. The topological polar surface area (TPSA) is 37.3 Å². The quantitative estimate of drug-likeness (QED) is 0.458. The summed E-state index contributed by atoms with van der Waals surface area (Å²) >= 11 is 0. The lowest BCUT2D eigenvalue weighted by Crippen LogP contribution is -2.09. The number of aliphatic hydroxyl groups excluding tert-OH is 1. The minimum absolute atomic E-state index is 0.0450. The van der Waals surface area contributed by atoms with Crippen LogP contribution in [0.2, 0.25) is 0 Å². The van der Waals surface area contributed by atoms with Crippen LogP contribution in [-0.2, 0) is 4.79 Å². The molecule has 0 aliphatic carbocycles. The Labute approximate surface area is 61.2 Å². The number of carbonyl (C=O) groups is 1. The Bertz CT molecular complexity index is 140. The van der Waals surface area contributed by atoms with E-state index in [2.05, 4.69) is 0 Å². The maximum atomic E-state index is 10.6. The zero-order chi connectivity index (χ0) is 7.98. The first-order chi connectivity index (χ1) is 4.74. The van der Waals surface area contributed by atoms with Crippen molar-refractivity contribution in [3.8, 4) is 12.3 Å². The summed E-state index contributed by atoms with van der Waals surface area (Å²) in [5.41, 5.74) is 0. The van der Waals surface area contributed by atoms with E-state index in [9.17, 15) is 4.79 Å². The second-order valence-electron chi connectivity index (χ2n) is 2.23. The van der Waals surface area contributed by atoms with Crippen LogP contribution in [0.1, 0.15) is 19.8 Å². The van der Waals surface area contributed by atoms with Crippen molar-refractivity contribution in [3.63, 3.8) is 0 Å². The lowest BCUT2D eigenvalue weighted by molar-refractivity contribution is -0.115. The number of ketones is 1. The zero-order valence-corrected chi connectivity index (χ0v) is 6.13. The molecule has 0 radical (unpaired) electrons. The second kappa shape index (κ2) is 5.01. The Morgan fingerprint density at radius 2 is 2.40 bits per heavy atom. The van der Waals surface area contributed by atoms with E-state index in [1.165, 1.54) is 0 Å². The Balaban J connectivity index is 3.65. The van der Waals surface area contributed by atoms with Crippen LogP contribution < -0.4 is 0 Å². The number of Topliss-reactive ketones (excluding diaryl/α,β-unsaturated/α-hetero) is 1. The first-order valence-electron chi connectivity index (χ1n) is 3.34. The summed E-state index contributed by atoms with van der Waals surface area (Å²) in [6.45, 7) is 1.97. The molecule has 0 saturated heterocycles. The van der Waals surface area contributed by atoms with Crippen molar-refractivity contribution in [1.29, 1.82) is 0 Å². The van der Waals surface area contributed by atoms with Crippen molar-refractivity contribution in [2.45, 2.75) is 19.8 Å². The molecule has 0 aromatic rings. The molecular weight excluding hydrogens is 128 g/mol. The third-order valence-corrected chi connectivity index (χ3v) is 1.47. The van der Waals surface area contributed by atoms with Crippen molar-refractivity contribution in [2.24, 2.45) is 5.92 Å². The van der Waals surface area contributed by atoms with Gasteiger partial charge in [0.25, 0.3) is 0 Å². The fraction of sp³-hybridized carbons (Fsp3) is 0.625. The largest absolute Gasteiger partial charge is 0.396 e. The number of hydrogen-bond donors (Lipinski definition) is 1. The molecule has 0 saturated carbocycles. The molecule has 56 valence electrons. The summed E-state index contributed by atoms with van der Waals surface area (Å²) in [7, 11) is 0. The zero-order valence-electron chi connectivity index (χ0n) is 6.13. The van der Waals surface area contributed by atoms with Gasteiger partial charge in [-0.05, 0) is 11.8 Å². The number of rotatable bonds is 4. The van der Waals surface area contributed by atoms with Gasteiger partial charge in [0.1, 0.15) is 0 Å². The Kier molecular flexibility index (Phi) is 4.61. The molecule has 1 atom stereocenters. The van der Waals surface area contributed by atoms with Gasteiger partial charge in [0.05, 0.1) is 0 Å². The van der Waals surface area contributed by atoms with Gasteiger partial charge in [-0.2, -0.15) is 0 Å². The maximum absolute atomic E-state index is 10.6. The fourth-order valence-corrected chi connectivity index (χ4v) is 0.659. The average Bonchev–Trinajstić information content (AvgIpc) is 1.99. The number of terminal acetylenes is 1. The van der Waals surface area contributed by atoms with Crippen molar-refractivity contribution in [3.05, 3.63) is 0 Å². The van der Waals surface area contributed by atoms with Gasteiger partial charge < -0.3 is 5.11 Å². The predicted octanol–water partition coefficient (Wildman–Crippen LogP) is 0.597. The highest BCUT2D eigenvalue weighted by Crippen LogP contribution is 2.06. The molecule has 0 bridgehead atoms. The highest BCUT2D eigenvalue weighted by molar-refractivity contribution is 5.94. The van der Waals surface area contributed by atoms with Crippen LogP contribution in [0.5, 0.6) is 0 Å². The molecule has 10 heavy (non-hydrogen) atoms. The standard InChI is InChI=1S/C8H12O2/c1-3-7(6-9)5-8(10)4-2/h2,7,9H,3,5-6H2,1H3. The summed E-state index contributed by atoms with van der Waals surface area (Å²) in [4.78, 5) is 10.6. The highest BCUT2D eigenvalue weighted by atomic mass is 16.3. The molecule has 0 aliphatic heterocycles. The third-order valence-electron chi connectivity index (χ3n) is 1.47. The molecular formula is C8H12O2. The van der Waals surface area contributed by atoms with Crippen molar-refractivity contribution in [1.82, 2.24) is 0 Å². The molecule has 2 heteroatoms.